The van der Waals surface area contributed by atoms with Crippen LogP contribution in [0.15, 0.2) is 53.0 Å². The van der Waals surface area contributed by atoms with E-state index >= 15 is 0 Å². The molecule has 0 amide bonds. The molecule has 3 heteroatoms. The molecule has 2 rings (SSSR count). The van der Waals surface area contributed by atoms with Crippen LogP contribution in [0.25, 0.3) is 0 Å². The highest BCUT2D eigenvalue weighted by Crippen LogP contribution is 2.27. The summed E-state index contributed by atoms with van der Waals surface area (Å²) in [4.78, 5) is 0. The fourth-order valence-corrected chi connectivity index (χ4v) is 2.41. The molecule has 0 heterocycles. The van der Waals surface area contributed by atoms with E-state index in [4.69, 9.17) is 17.3 Å². The van der Waals surface area contributed by atoms with Gasteiger partial charge >= 0.3 is 0 Å². The molecule has 0 aliphatic carbocycles. The lowest BCUT2D eigenvalue weighted by Crippen LogP contribution is -2.13. The van der Waals surface area contributed by atoms with E-state index < -0.39 is 0 Å². The number of hydrogen-bond acceptors (Lipinski definition) is 1. The van der Waals surface area contributed by atoms with Gasteiger partial charge in [-0.25, -0.2) is 0 Å². The third-order valence-electron chi connectivity index (χ3n) is 2.66. The van der Waals surface area contributed by atoms with Gasteiger partial charge in [0.25, 0.3) is 0 Å². The van der Waals surface area contributed by atoms with Gasteiger partial charge < -0.3 is 5.73 Å². The molecule has 17 heavy (non-hydrogen) atoms. The summed E-state index contributed by atoms with van der Waals surface area (Å²) in [5.74, 6) is 0. The largest absolute Gasteiger partial charge is 0.324 e. The maximum Gasteiger partial charge on any atom is 0.0454 e. The van der Waals surface area contributed by atoms with E-state index in [2.05, 4.69) is 28.1 Å². The van der Waals surface area contributed by atoms with Crippen molar-refractivity contribution in [3.63, 3.8) is 0 Å². The van der Waals surface area contributed by atoms with Crippen LogP contribution in [0, 0.1) is 0 Å². The van der Waals surface area contributed by atoms with Crippen LogP contribution in [-0.4, -0.2) is 0 Å². The highest BCUT2D eigenvalue weighted by Gasteiger charge is 2.11. The predicted molar refractivity (Wildman–Crippen MR) is 76.2 cm³/mol. The van der Waals surface area contributed by atoms with Crippen molar-refractivity contribution in [3.05, 3.63) is 69.2 Å². The van der Waals surface area contributed by atoms with Gasteiger partial charge in [0, 0.05) is 15.5 Å². The van der Waals surface area contributed by atoms with Gasteiger partial charge in [-0.2, -0.15) is 0 Å². The van der Waals surface area contributed by atoms with Crippen molar-refractivity contribution in [1.29, 1.82) is 0 Å². The summed E-state index contributed by atoms with van der Waals surface area (Å²) in [5.41, 5.74) is 8.39. The van der Waals surface area contributed by atoms with E-state index in [9.17, 15) is 0 Å². The molecule has 1 atom stereocenters. The van der Waals surface area contributed by atoms with Crippen LogP contribution in [0.5, 0.6) is 0 Å². The highest BCUT2D eigenvalue weighted by atomic mass is 79.9. The summed E-state index contributed by atoms with van der Waals surface area (Å²) < 4.78 is 1.00. The molecular weight excluding hydrogens is 298 g/mol. The highest BCUT2D eigenvalue weighted by molar-refractivity contribution is 9.10. The van der Waals surface area contributed by atoms with Crippen LogP contribution in [-0.2, 0) is 6.42 Å². The first-order chi connectivity index (χ1) is 8.16. The Labute approximate surface area is 115 Å². The van der Waals surface area contributed by atoms with Gasteiger partial charge in [0.2, 0.25) is 0 Å². The molecule has 0 saturated carbocycles. The van der Waals surface area contributed by atoms with E-state index in [1.807, 2.05) is 36.4 Å². The first kappa shape index (κ1) is 12.6. The number of halogens is 2. The molecule has 0 radical (unpaired) electrons. The quantitative estimate of drug-likeness (QED) is 0.896. The monoisotopic (exact) mass is 309 g/mol. The van der Waals surface area contributed by atoms with Crippen molar-refractivity contribution in [1.82, 2.24) is 0 Å². The normalized spacial score (nSPS) is 12.4. The zero-order valence-electron chi connectivity index (χ0n) is 9.24. The SMILES string of the molecule is NC(Cc1ccccc1)c1cc(Br)ccc1Cl. The summed E-state index contributed by atoms with van der Waals surface area (Å²) in [6, 6.07) is 15.9. The van der Waals surface area contributed by atoms with Crippen molar-refractivity contribution in [3.8, 4) is 0 Å². The Morgan fingerprint density at radius 3 is 2.53 bits per heavy atom. The lowest BCUT2D eigenvalue weighted by molar-refractivity contribution is 0.722. The number of benzene rings is 2. The maximum absolute atomic E-state index is 6.19. The zero-order valence-corrected chi connectivity index (χ0v) is 11.6. The summed E-state index contributed by atoms with van der Waals surface area (Å²) in [6.45, 7) is 0. The average molecular weight is 311 g/mol. The van der Waals surface area contributed by atoms with Crippen molar-refractivity contribution < 1.29 is 0 Å². The topological polar surface area (TPSA) is 26.0 Å². The smallest absolute Gasteiger partial charge is 0.0454 e. The van der Waals surface area contributed by atoms with Gasteiger partial charge in [0.15, 0.2) is 0 Å². The Bertz CT molecular complexity index is 499. The maximum atomic E-state index is 6.19. The van der Waals surface area contributed by atoms with Crippen LogP contribution in [0.1, 0.15) is 17.2 Å². The molecule has 88 valence electrons. The Morgan fingerprint density at radius 1 is 1.12 bits per heavy atom. The lowest BCUT2D eigenvalue weighted by atomic mass is 10.00. The lowest BCUT2D eigenvalue weighted by Gasteiger charge is -2.14. The van der Waals surface area contributed by atoms with Gasteiger partial charge in [-0.3, -0.25) is 0 Å². The van der Waals surface area contributed by atoms with E-state index in [0.29, 0.717) is 0 Å². The molecule has 0 aromatic heterocycles. The Hall–Kier alpha value is -0.830. The molecule has 0 bridgehead atoms. The molecule has 0 aliphatic rings. The Morgan fingerprint density at radius 2 is 1.82 bits per heavy atom. The molecule has 2 N–H and O–H groups in total. The summed E-state index contributed by atoms with van der Waals surface area (Å²) in [7, 11) is 0. The molecule has 2 aromatic rings. The first-order valence-electron chi connectivity index (χ1n) is 5.41. The Kier molecular flexibility index (Phi) is 4.21. The van der Waals surface area contributed by atoms with Gasteiger partial charge in [0.05, 0.1) is 0 Å². The summed E-state index contributed by atoms with van der Waals surface area (Å²) >= 11 is 9.59. The van der Waals surface area contributed by atoms with Crippen LogP contribution < -0.4 is 5.73 Å². The van der Waals surface area contributed by atoms with Gasteiger partial charge in [-0.05, 0) is 35.7 Å². The molecule has 0 spiro atoms. The van der Waals surface area contributed by atoms with E-state index in [0.717, 1.165) is 21.5 Å². The summed E-state index contributed by atoms with van der Waals surface area (Å²) in [5, 5.41) is 0.719. The molecular formula is C14H13BrClN. The van der Waals surface area contributed by atoms with Crippen LogP contribution in [0.3, 0.4) is 0 Å². The minimum atomic E-state index is -0.0811. The number of hydrogen-bond donors (Lipinski definition) is 1. The second kappa shape index (κ2) is 5.67. The minimum absolute atomic E-state index is 0.0811. The first-order valence-corrected chi connectivity index (χ1v) is 6.58. The molecule has 1 unspecified atom stereocenters. The second-order valence-corrected chi connectivity index (χ2v) is 5.28. The third-order valence-corrected chi connectivity index (χ3v) is 3.49. The molecule has 0 aliphatic heterocycles. The standard InChI is InChI=1S/C14H13BrClN/c15-11-6-7-13(16)12(9-11)14(17)8-10-4-2-1-3-5-10/h1-7,9,14H,8,17H2. The number of rotatable bonds is 3. The van der Waals surface area contributed by atoms with E-state index in [1.165, 1.54) is 5.56 Å². The molecule has 0 fully saturated rings. The van der Waals surface area contributed by atoms with Crippen molar-refractivity contribution >= 4 is 27.5 Å². The molecule has 1 nitrogen and oxygen atoms in total. The summed E-state index contributed by atoms with van der Waals surface area (Å²) in [6.07, 6.45) is 0.789. The third kappa shape index (κ3) is 3.32. The van der Waals surface area contributed by atoms with Gasteiger partial charge in [0.1, 0.15) is 0 Å². The van der Waals surface area contributed by atoms with Crippen LogP contribution >= 0.6 is 27.5 Å². The van der Waals surface area contributed by atoms with Crippen LogP contribution in [0.2, 0.25) is 5.02 Å². The Balaban J connectivity index is 2.20. The average Bonchev–Trinajstić information content (AvgIpc) is 2.33. The fraction of sp³-hybridized carbons (Fsp3) is 0.143. The minimum Gasteiger partial charge on any atom is -0.324 e. The fourth-order valence-electron chi connectivity index (χ4n) is 1.78. The van der Waals surface area contributed by atoms with Gasteiger partial charge in [-0.15, -0.1) is 0 Å². The molecule has 0 saturated heterocycles. The van der Waals surface area contributed by atoms with Crippen molar-refractivity contribution in [2.45, 2.75) is 12.5 Å². The van der Waals surface area contributed by atoms with Crippen molar-refractivity contribution in [2.75, 3.05) is 0 Å². The van der Waals surface area contributed by atoms with E-state index in [-0.39, 0.29) is 6.04 Å². The molecule has 2 aromatic carbocycles. The second-order valence-electron chi connectivity index (χ2n) is 3.96. The van der Waals surface area contributed by atoms with Crippen LogP contribution in [0.4, 0.5) is 0 Å². The zero-order chi connectivity index (χ0) is 12.3. The van der Waals surface area contributed by atoms with Crippen molar-refractivity contribution in [2.24, 2.45) is 5.73 Å². The van der Waals surface area contributed by atoms with E-state index in [1.54, 1.807) is 0 Å². The number of nitrogens with two attached hydrogens (primary N) is 1. The predicted octanol–water partition coefficient (Wildman–Crippen LogP) is 4.35. The van der Waals surface area contributed by atoms with Gasteiger partial charge in [-0.1, -0.05) is 57.9 Å².